The number of fused-ring (bicyclic) bond motifs is 12. The highest BCUT2D eigenvalue weighted by Crippen LogP contribution is 2.42. The highest BCUT2D eigenvalue weighted by Gasteiger charge is 2.23. The molecule has 0 amide bonds. The van der Waals surface area contributed by atoms with Crippen LogP contribution in [0, 0.1) is 0 Å². The van der Waals surface area contributed by atoms with Crippen LogP contribution in [-0.4, -0.2) is 48.2 Å². The minimum Gasteiger partial charge on any atom is -0.309 e. The summed E-state index contributed by atoms with van der Waals surface area (Å²) < 4.78 is 9.35. The summed E-state index contributed by atoms with van der Waals surface area (Å²) in [5.74, 6) is 3.36. The van der Waals surface area contributed by atoms with Gasteiger partial charge < -0.3 is 18.3 Å². The van der Waals surface area contributed by atoms with E-state index in [1.54, 1.807) is 0 Å². The maximum absolute atomic E-state index is 5.47. The van der Waals surface area contributed by atoms with E-state index in [-0.39, 0.29) is 0 Å². The van der Waals surface area contributed by atoms with Crippen LogP contribution in [0.25, 0.3) is 223 Å². The lowest BCUT2D eigenvalue weighted by atomic mass is 9.93. The lowest BCUT2D eigenvalue weighted by Gasteiger charge is -2.14. The zero-order valence-electron chi connectivity index (χ0n) is 63.7. The van der Waals surface area contributed by atoms with E-state index in [4.69, 9.17) is 29.9 Å². The van der Waals surface area contributed by atoms with Crippen molar-refractivity contribution in [3.05, 3.63) is 413 Å². The molecule has 0 unspecified atom stereocenters. The van der Waals surface area contributed by atoms with Gasteiger partial charge >= 0.3 is 0 Å². The second kappa shape index (κ2) is 28.0. The molecule has 0 bridgehead atoms. The number of rotatable bonds is 14. The van der Waals surface area contributed by atoms with Crippen molar-refractivity contribution in [3.8, 4) is 136 Å². The van der Waals surface area contributed by atoms with Gasteiger partial charge in [-0.15, -0.1) is 0 Å². The van der Waals surface area contributed by atoms with Crippen LogP contribution in [0.4, 0.5) is 0 Å². The third kappa shape index (κ3) is 11.6. The number of nitrogens with zero attached hydrogens (tertiary/aromatic N) is 10. The summed E-state index contributed by atoms with van der Waals surface area (Å²) in [6.07, 6.45) is 0. The maximum Gasteiger partial charge on any atom is 0.164 e. The average Bonchev–Trinajstić information content (AvgIpc) is 1.50. The van der Waals surface area contributed by atoms with Crippen LogP contribution in [0.2, 0.25) is 0 Å². The fourth-order valence-corrected chi connectivity index (χ4v) is 17.7. The topological polar surface area (TPSA) is 97.1 Å². The Morgan fingerprint density at radius 3 is 0.475 bits per heavy atom. The molecule has 0 aliphatic heterocycles. The molecule has 0 saturated heterocycles. The van der Waals surface area contributed by atoms with Gasteiger partial charge in [-0.2, -0.15) is 0 Å². The number of para-hydroxylation sites is 8. The summed E-state index contributed by atoms with van der Waals surface area (Å²) in [7, 11) is 0. The molecule has 0 radical (unpaired) electrons. The number of hydrogen-bond donors (Lipinski definition) is 0. The molecule has 6 aromatic heterocycles. The Hall–Kier alpha value is -16.0. The van der Waals surface area contributed by atoms with Gasteiger partial charge in [0.1, 0.15) is 0 Å². The van der Waals surface area contributed by atoms with E-state index in [0.717, 1.165) is 145 Å². The summed E-state index contributed by atoms with van der Waals surface area (Å²) in [6, 6.07) is 147. The fraction of sp³-hybridized carbons (Fsp3) is 0. The third-order valence-electron chi connectivity index (χ3n) is 23.3. The molecule has 118 heavy (non-hydrogen) atoms. The quantitative estimate of drug-likeness (QED) is 0.108. The van der Waals surface area contributed by atoms with Crippen molar-refractivity contribution in [3.63, 3.8) is 0 Å². The van der Waals surface area contributed by atoms with Crippen molar-refractivity contribution < 1.29 is 0 Å². The fourth-order valence-electron chi connectivity index (χ4n) is 17.7. The first-order valence-corrected chi connectivity index (χ1v) is 39.9. The Bertz CT molecular complexity index is 6840. The van der Waals surface area contributed by atoms with E-state index in [1.807, 2.05) is 0 Å². The van der Waals surface area contributed by atoms with Crippen LogP contribution < -0.4 is 0 Å². The second-order valence-corrected chi connectivity index (χ2v) is 30.2. The van der Waals surface area contributed by atoms with Crippen molar-refractivity contribution in [1.29, 1.82) is 0 Å². The van der Waals surface area contributed by atoms with E-state index in [9.17, 15) is 0 Å². The Balaban J connectivity index is 0.642. The molecular weight excluding hydrogens is 1440 g/mol. The molecule has 17 aromatic carbocycles. The first-order chi connectivity index (χ1) is 58.5. The molecule has 10 nitrogen and oxygen atoms in total. The van der Waals surface area contributed by atoms with Gasteiger partial charge in [0.15, 0.2) is 34.9 Å². The SMILES string of the molecule is c1ccc(-c2cc(-c3ccc(-c4cc(-c5ccccc5)cc(-c5nc(-c6ccc(-n7c8ccccc8c8ccccc87)cc6)nc(-c6ccc(-n7c8ccccc8c8ccccc87)cc6)n5)c4)cc3)cc(-c3nc(-c4ccc(-n5c6ccccc6c6ccccc65)cc4)nc(-c4ccc(-n5c6ccccc6c6ccccc65)cc4)n3)c2)cc1. The minimum atomic E-state index is 0.552. The zero-order valence-corrected chi connectivity index (χ0v) is 63.7. The predicted molar refractivity (Wildman–Crippen MR) is 485 cm³/mol. The van der Waals surface area contributed by atoms with E-state index < -0.39 is 0 Å². The molecule has 0 N–H and O–H groups in total. The van der Waals surface area contributed by atoms with Crippen LogP contribution in [0.1, 0.15) is 0 Å². The molecule has 0 aliphatic carbocycles. The minimum absolute atomic E-state index is 0.552. The van der Waals surface area contributed by atoms with Crippen LogP contribution in [0.3, 0.4) is 0 Å². The highest BCUT2D eigenvalue weighted by atomic mass is 15.1. The molecule has 6 heterocycles. The van der Waals surface area contributed by atoms with E-state index in [2.05, 4.69) is 431 Å². The molecule has 0 saturated carbocycles. The summed E-state index contributed by atoms with van der Waals surface area (Å²) in [5, 5.41) is 9.67. The Kier molecular flexibility index (Phi) is 16.0. The predicted octanol–water partition coefficient (Wildman–Crippen LogP) is 27.1. The van der Waals surface area contributed by atoms with Gasteiger partial charge in [-0.3, -0.25) is 0 Å². The lowest BCUT2D eigenvalue weighted by molar-refractivity contribution is 1.07. The van der Waals surface area contributed by atoms with Gasteiger partial charge in [0.2, 0.25) is 0 Å². The monoisotopic (exact) mass is 1500 g/mol. The van der Waals surface area contributed by atoms with E-state index in [1.165, 1.54) is 43.1 Å². The first-order valence-electron chi connectivity index (χ1n) is 39.9. The third-order valence-corrected chi connectivity index (χ3v) is 23.3. The largest absolute Gasteiger partial charge is 0.309 e. The summed E-state index contributed by atoms with van der Waals surface area (Å²) >= 11 is 0. The second-order valence-electron chi connectivity index (χ2n) is 30.2. The molecule has 550 valence electrons. The van der Waals surface area contributed by atoms with Crippen LogP contribution in [0.15, 0.2) is 413 Å². The van der Waals surface area contributed by atoms with Crippen LogP contribution in [-0.2, 0) is 0 Å². The summed E-state index contributed by atoms with van der Waals surface area (Å²) in [4.78, 5) is 32.6. The van der Waals surface area contributed by atoms with Gasteiger partial charge in [-0.25, -0.2) is 29.9 Å². The molecular formula is C108H68N10. The molecule has 23 aromatic rings. The Morgan fingerprint density at radius 2 is 0.271 bits per heavy atom. The highest BCUT2D eigenvalue weighted by molar-refractivity contribution is 6.12. The normalized spacial score (nSPS) is 11.7. The number of benzene rings is 17. The van der Waals surface area contributed by atoms with Crippen molar-refractivity contribution in [1.82, 2.24) is 48.2 Å². The lowest BCUT2D eigenvalue weighted by Crippen LogP contribution is -2.01. The summed E-state index contributed by atoms with van der Waals surface area (Å²) in [6.45, 7) is 0. The van der Waals surface area contributed by atoms with Crippen LogP contribution >= 0.6 is 0 Å². The molecule has 0 spiro atoms. The Morgan fingerprint density at radius 1 is 0.119 bits per heavy atom. The standard InChI is InChI=1S/C108H68N10/c1-3-23-69(24-4-1)77-63-79(67-81(65-77)107-111-103(73-47-55-83(56-48-73)115-95-35-15-7-27-87(95)88-28-8-16-36-96(88)115)109-104(112-107)74-49-57-84(58-50-74)116-97-37-17-9-29-89(97)90-30-10-18-38-98(90)116)71-43-45-72(46-44-71)80-64-78(70-25-5-2-6-26-70)66-82(68-80)108-113-105(75-51-59-85(60-52-75)117-99-39-19-11-31-91(99)92-32-12-20-40-100(92)117)110-106(114-108)76-53-61-86(62-54-76)118-101-41-21-13-33-93(101)94-34-14-22-42-102(94)118/h1-68H. The maximum atomic E-state index is 5.47. The zero-order chi connectivity index (χ0) is 77.7. The van der Waals surface area contributed by atoms with Crippen molar-refractivity contribution >= 4 is 87.2 Å². The molecule has 0 atom stereocenters. The number of hydrogen-bond acceptors (Lipinski definition) is 6. The van der Waals surface area contributed by atoms with Gasteiger partial charge in [-0.05, 0) is 226 Å². The molecule has 23 rings (SSSR count). The summed E-state index contributed by atoms with van der Waals surface area (Å²) in [5.41, 5.74) is 26.8. The Labute approximate surface area is 679 Å². The number of aromatic nitrogens is 10. The van der Waals surface area contributed by atoms with E-state index in [0.29, 0.717) is 34.9 Å². The van der Waals surface area contributed by atoms with Crippen molar-refractivity contribution in [2.45, 2.75) is 0 Å². The van der Waals surface area contributed by atoms with Gasteiger partial charge in [0, 0.05) is 99.2 Å². The molecule has 0 fully saturated rings. The van der Waals surface area contributed by atoms with Crippen molar-refractivity contribution in [2.75, 3.05) is 0 Å². The molecule has 10 heteroatoms. The van der Waals surface area contributed by atoms with Gasteiger partial charge in [0.25, 0.3) is 0 Å². The van der Waals surface area contributed by atoms with E-state index >= 15 is 0 Å². The molecule has 0 aliphatic rings. The van der Waals surface area contributed by atoms with Crippen molar-refractivity contribution in [2.24, 2.45) is 0 Å². The first kappa shape index (κ1) is 67.6. The average molecular weight is 1510 g/mol. The smallest absolute Gasteiger partial charge is 0.164 e. The van der Waals surface area contributed by atoms with Crippen LogP contribution in [0.5, 0.6) is 0 Å². The van der Waals surface area contributed by atoms with Gasteiger partial charge in [-0.1, -0.05) is 231 Å². The van der Waals surface area contributed by atoms with Gasteiger partial charge in [0.05, 0.1) is 44.1 Å².